The molecule has 0 spiro atoms. The molecule has 11 nitrogen and oxygen atoms in total. The molecule has 2 unspecified atom stereocenters. The van der Waals surface area contributed by atoms with Gasteiger partial charge in [-0.25, -0.2) is 0 Å². The first-order valence-corrected chi connectivity index (χ1v) is 14.4. The highest BCUT2D eigenvalue weighted by atomic mass is 16.2. The van der Waals surface area contributed by atoms with Gasteiger partial charge in [0.05, 0.1) is 6.04 Å². The summed E-state index contributed by atoms with van der Waals surface area (Å²) in [4.78, 5) is 12.7. The lowest BCUT2D eigenvalue weighted by Gasteiger charge is -2.20. The molecule has 36 heavy (non-hydrogen) atoms. The van der Waals surface area contributed by atoms with Gasteiger partial charge >= 0.3 is 0 Å². The summed E-state index contributed by atoms with van der Waals surface area (Å²) in [6.07, 6.45) is 8.75. The third-order valence-corrected chi connectivity index (χ3v) is 5.99. The number of nitrogens with one attached hydrogen (secondary N) is 6. The Labute approximate surface area is 220 Å². The van der Waals surface area contributed by atoms with Gasteiger partial charge in [-0.05, 0) is 130 Å². The van der Waals surface area contributed by atoms with Crippen molar-refractivity contribution in [2.24, 2.45) is 22.9 Å². The fourth-order valence-electron chi connectivity index (χ4n) is 3.82. The molecule has 0 saturated carbocycles. The molecule has 14 N–H and O–H groups in total. The van der Waals surface area contributed by atoms with Crippen LogP contribution in [0.5, 0.6) is 0 Å². The lowest BCUT2D eigenvalue weighted by Crippen LogP contribution is -2.46. The highest BCUT2D eigenvalue weighted by Gasteiger charge is 2.16. The molecule has 0 aromatic rings. The van der Waals surface area contributed by atoms with E-state index in [1.165, 1.54) is 0 Å². The van der Waals surface area contributed by atoms with Crippen LogP contribution in [0.2, 0.25) is 0 Å². The average Bonchev–Trinajstić information content (AvgIpc) is 2.88. The van der Waals surface area contributed by atoms with Gasteiger partial charge in [-0.1, -0.05) is 0 Å². The fraction of sp³-hybridized carbons (Fsp3) is 0.960. The number of amides is 1. The Bertz CT molecular complexity index is 459. The molecule has 0 fully saturated rings. The van der Waals surface area contributed by atoms with E-state index in [1.807, 2.05) is 0 Å². The van der Waals surface area contributed by atoms with E-state index in [2.05, 4.69) is 31.9 Å². The molecule has 0 aliphatic carbocycles. The van der Waals surface area contributed by atoms with Crippen molar-refractivity contribution >= 4 is 5.91 Å². The summed E-state index contributed by atoms with van der Waals surface area (Å²) in [6.45, 7) is 10.8. The fourth-order valence-corrected chi connectivity index (χ4v) is 3.82. The first-order chi connectivity index (χ1) is 17.7. The van der Waals surface area contributed by atoms with E-state index in [4.69, 9.17) is 22.9 Å². The van der Waals surface area contributed by atoms with Gasteiger partial charge in [-0.2, -0.15) is 0 Å². The topological polar surface area (TPSA) is 193 Å². The third-order valence-electron chi connectivity index (χ3n) is 5.99. The normalized spacial score (nSPS) is 13.1. The summed E-state index contributed by atoms with van der Waals surface area (Å²) < 4.78 is 0. The summed E-state index contributed by atoms with van der Waals surface area (Å²) in [5.74, 6) is 0.0810. The van der Waals surface area contributed by atoms with Gasteiger partial charge in [-0.3, -0.25) is 4.79 Å². The predicted molar refractivity (Wildman–Crippen MR) is 153 cm³/mol. The van der Waals surface area contributed by atoms with Crippen LogP contribution in [0.1, 0.15) is 57.8 Å². The molecule has 216 valence electrons. The molecule has 0 rings (SSSR count). The van der Waals surface area contributed by atoms with E-state index in [0.29, 0.717) is 32.2 Å². The van der Waals surface area contributed by atoms with E-state index in [9.17, 15) is 4.79 Å². The van der Waals surface area contributed by atoms with Gasteiger partial charge in [0, 0.05) is 19.1 Å². The Kier molecular flexibility index (Phi) is 28.0. The molecule has 0 aliphatic rings. The minimum absolute atomic E-state index is 0.0810. The molecule has 0 aromatic heterocycles. The van der Waals surface area contributed by atoms with Crippen molar-refractivity contribution in [3.05, 3.63) is 0 Å². The van der Waals surface area contributed by atoms with E-state index in [0.717, 1.165) is 117 Å². The van der Waals surface area contributed by atoms with E-state index < -0.39 is 0 Å². The molecule has 0 saturated heterocycles. The molecule has 0 radical (unpaired) electrons. The SMILES string of the molecule is NCCCNCCCC(CNCCCNC(=O)C(CCCNCCCN)NCCCN)NCCCN. The van der Waals surface area contributed by atoms with Crippen LogP contribution >= 0.6 is 0 Å². The number of nitrogens with two attached hydrogens (primary N) is 4. The summed E-state index contributed by atoms with van der Waals surface area (Å²) in [6, 6.07) is 0.257. The van der Waals surface area contributed by atoms with Crippen molar-refractivity contribution in [2.45, 2.75) is 69.9 Å². The molecule has 0 aromatic carbocycles. The van der Waals surface area contributed by atoms with Crippen LogP contribution in [0.25, 0.3) is 0 Å². The third kappa shape index (κ3) is 23.5. The van der Waals surface area contributed by atoms with E-state index in [-0.39, 0.29) is 11.9 Å². The van der Waals surface area contributed by atoms with Crippen molar-refractivity contribution in [1.82, 2.24) is 31.9 Å². The number of hydrogen-bond acceptors (Lipinski definition) is 10. The van der Waals surface area contributed by atoms with Gasteiger partial charge in [0.1, 0.15) is 0 Å². The summed E-state index contributed by atoms with van der Waals surface area (Å²) in [5.41, 5.74) is 22.3. The van der Waals surface area contributed by atoms with Gasteiger partial charge in [0.15, 0.2) is 0 Å². The zero-order chi connectivity index (χ0) is 26.5. The first-order valence-electron chi connectivity index (χ1n) is 14.4. The summed E-state index contributed by atoms with van der Waals surface area (Å²) in [7, 11) is 0. The van der Waals surface area contributed by atoms with Crippen molar-refractivity contribution in [2.75, 3.05) is 85.1 Å². The molecule has 0 aliphatic heterocycles. The lowest BCUT2D eigenvalue weighted by molar-refractivity contribution is -0.123. The average molecular weight is 517 g/mol. The second-order valence-electron chi connectivity index (χ2n) is 9.36. The predicted octanol–water partition coefficient (Wildman–Crippen LogP) is -1.87. The maximum Gasteiger partial charge on any atom is 0.237 e. The van der Waals surface area contributed by atoms with Crippen LogP contribution in [0, 0.1) is 0 Å². The molecule has 0 heterocycles. The van der Waals surface area contributed by atoms with Crippen LogP contribution in [0.4, 0.5) is 0 Å². The lowest BCUT2D eigenvalue weighted by atomic mass is 10.1. The van der Waals surface area contributed by atoms with Gasteiger partial charge in [0.25, 0.3) is 0 Å². The monoisotopic (exact) mass is 516 g/mol. The molecular formula is C25H60N10O. The highest BCUT2D eigenvalue weighted by Crippen LogP contribution is 1.99. The number of carbonyl (C=O) groups excluding carboxylic acids is 1. The Hall–Kier alpha value is -0.890. The molecule has 0 bridgehead atoms. The molecule has 2 atom stereocenters. The van der Waals surface area contributed by atoms with Crippen LogP contribution < -0.4 is 54.8 Å². The zero-order valence-electron chi connectivity index (χ0n) is 22.9. The maximum atomic E-state index is 12.7. The number of carbonyl (C=O) groups is 1. The highest BCUT2D eigenvalue weighted by molar-refractivity contribution is 5.81. The largest absolute Gasteiger partial charge is 0.355 e. The molecular weight excluding hydrogens is 456 g/mol. The number of hydrogen-bond donors (Lipinski definition) is 10. The minimum Gasteiger partial charge on any atom is -0.355 e. The van der Waals surface area contributed by atoms with Crippen molar-refractivity contribution in [3.8, 4) is 0 Å². The minimum atomic E-state index is -0.171. The van der Waals surface area contributed by atoms with Crippen LogP contribution in [-0.2, 0) is 4.79 Å². The van der Waals surface area contributed by atoms with Crippen LogP contribution in [-0.4, -0.2) is 103 Å². The first kappa shape index (κ1) is 35.1. The summed E-state index contributed by atoms with van der Waals surface area (Å²) in [5, 5.41) is 20.5. The second kappa shape index (κ2) is 28.7. The molecule has 1 amide bonds. The van der Waals surface area contributed by atoms with Crippen molar-refractivity contribution < 1.29 is 4.79 Å². The quantitative estimate of drug-likeness (QED) is 0.0504. The van der Waals surface area contributed by atoms with Crippen LogP contribution in [0.3, 0.4) is 0 Å². The van der Waals surface area contributed by atoms with Crippen molar-refractivity contribution in [3.63, 3.8) is 0 Å². The molecule has 11 heteroatoms. The zero-order valence-corrected chi connectivity index (χ0v) is 22.9. The van der Waals surface area contributed by atoms with E-state index in [1.54, 1.807) is 0 Å². The van der Waals surface area contributed by atoms with Gasteiger partial charge < -0.3 is 54.8 Å². The smallest absolute Gasteiger partial charge is 0.237 e. The Morgan fingerprint density at radius 1 is 0.528 bits per heavy atom. The van der Waals surface area contributed by atoms with Gasteiger partial charge in [-0.15, -0.1) is 0 Å². The number of rotatable bonds is 29. The van der Waals surface area contributed by atoms with Crippen molar-refractivity contribution in [1.29, 1.82) is 0 Å². The Morgan fingerprint density at radius 2 is 1.03 bits per heavy atom. The van der Waals surface area contributed by atoms with Crippen LogP contribution in [0.15, 0.2) is 0 Å². The maximum absolute atomic E-state index is 12.7. The Balaban J connectivity index is 4.14. The van der Waals surface area contributed by atoms with E-state index >= 15 is 0 Å². The van der Waals surface area contributed by atoms with Gasteiger partial charge in [0.2, 0.25) is 5.91 Å². The summed E-state index contributed by atoms with van der Waals surface area (Å²) >= 11 is 0. The standard InChI is InChI=1S/C25H60N10O/c26-10-3-16-30-14-1-8-23(33-19-5-12-28)22-32-18-7-21-35-25(36)24(34-20-6-13-29)9-2-15-31-17-4-11-27/h23-24,30-34H,1-22,26-29H2,(H,35,36). The Morgan fingerprint density at radius 3 is 1.64 bits per heavy atom. The second-order valence-corrected chi connectivity index (χ2v) is 9.36.